The van der Waals surface area contributed by atoms with Gasteiger partial charge in [-0.1, -0.05) is 55.8 Å². The maximum atomic E-state index is 14.2. The fourth-order valence-electron chi connectivity index (χ4n) is 4.32. The van der Waals surface area contributed by atoms with Gasteiger partial charge in [0.25, 0.3) is 0 Å². The third kappa shape index (κ3) is 12.0. The van der Waals surface area contributed by atoms with Crippen LogP contribution in [0.15, 0.2) is 54.6 Å². The highest BCUT2D eigenvalue weighted by molar-refractivity contribution is 5.94. The highest BCUT2D eigenvalue weighted by Gasteiger charge is 2.37. The third-order valence-electron chi connectivity index (χ3n) is 6.18. The van der Waals surface area contributed by atoms with Gasteiger partial charge >= 0.3 is 12.1 Å². The van der Waals surface area contributed by atoms with E-state index in [1.807, 2.05) is 37.3 Å². The Morgan fingerprint density at radius 3 is 2.07 bits per heavy atom. The molecule has 0 spiro atoms. The molecule has 10 heteroatoms. The molecule has 3 amide bonds. The summed E-state index contributed by atoms with van der Waals surface area (Å²) in [5.74, 6) is -1.87. The van der Waals surface area contributed by atoms with Crippen LogP contribution in [0, 0.1) is 0 Å². The van der Waals surface area contributed by atoms with E-state index in [1.54, 1.807) is 53.7 Å². The number of esters is 1. The molecule has 3 atom stereocenters. The molecular weight excluding hydrogens is 550 g/mol. The molecule has 0 saturated carbocycles. The van der Waals surface area contributed by atoms with Gasteiger partial charge in [-0.3, -0.25) is 9.59 Å². The number of amides is 3. The molecule has 0 radical (unpaired) electrons. The van der Waals surface area contributed by atoms with Crippen molar-refractivity contribution in [1.29, 1.82) is 0 Å². The van der Waals surface area contributed by atoms with Crippen LogP contribution in [0.2, 0.25) is 0 Å². The van der Waals surface area contributed by atoms with Crippen LogP contribution in [-0.4, -0.2) is 63.7 Å². The number of rotatable bonds is 12. The van der Waals surface area contributed by atoms with Gasteiger partial charge in [0.05, 0.1) is 0 Å². The molecule has 2 aromatic carbocycles. The average Bonchev–Trinajstić information content (AvgIpc) is 2.88. The summed E-state index contributed by atoms with van der Waals surface area (Å²) < 4.78 is 11.0. The molecule has 236 valence electrons. The molecular formula is C33H47N3O7. The predicted octanol–water partition coefficient (Wildman–Crippen LogP) is 5.04. The van der Waals surface area contributed by atoms with E-state index in [4.69, 9.17) is 9.47 Å². The van der Waals surface area contributed by atoms with Crippen LogP contribution in [-0.2, 0) is 30.3 Å². The van der Waals surface area contributed by atoms with Crippen molar-refractivity contribution < 1.29 is 33.8 Å². The van der Waals surface area contributed by atoms with Crippen molar-refractivity contribution >= 4 is 23.9 Å². The lowest BCUT2D eigenvalue weighted by Gasteiger charge is -2.34. The number of hydrogen-bond acceptors (Lipinski definition) is 7. The van der Waals surface area contributed by atoms with Crippen LogP contribution in [0.4, 0.5) is 4.79 Å². The zero-order valence-corrected chi connectivity index (χ0v) is 26.6. The normalized spacial score (nSPS) is 13.7. The van der Waals surface area contributed by atoms with Crippen LogP contribution in [0.25, 0.3) is 0 Å². The SMILES string of the molecule is CCCCN(C(=O)C(C)NC(=O)OC(C)(C)C)C(C(=O)NC(Cc1ccccc1)C(=O)OC(C)(C)C)c1cccc(O)c1. The second-order valence-corrected chi connectivity index (χ2v) is 12.5. The number of benzene rings is 2. The summed E-state index contributed by atoms with van der Waals surface area (Å²) in [5.41, 5.74) is -0.419. The number of unbranched alkanes of at least 4 members (excludes halogenated alkanes) is 1. The highest BCUT2D eigenvalue weighted by Crippen LogP contribution is 2.27. The lowest BCUT2D eigenvalue weighted by molar-refractivity contribution is -0.159. The van der Waals surface area contributed by atoms with Gasteiger partial charge in [0.1, 0.15) is 35.1 Å². The van der Waals surface area contributed by atoms with Crippen LogP contribution >= 0.6 is 0 Å². The van der Waals surface area contributed by atoms with Crippen molar-refractivity contribution in [2.24, 2.45) is 0 Å². The molecule has 0 saturated heterocycles. The van der Waals surface area contributed by atoms with E-state index < -0.39 is 53.2 Å². The Hall–Kier alpha value is -4.08. The van der Waals surface area contributed by atoms with E-state index >= 15 is 0 Å². The van der Waals surface area contributed by atoms with Gasteiger partial charge in [0.2, 0.25) is 11.8 Å². The minimum atomic E-state index is -1.23. The van der Waals surface area contributed by atoms with Crippen molar-refractivity contribution in [3.63, 3.8) is 0 Å². The molecule has 0 heterocycles. The zero-order valence-electron chi connectivity index (χ0n) is 26.6. The fourth-order valence-corrected chi connectivity index (χ4v) is 4.32. The highest BCUT2D eigenvalue weighted by atomic mass is 16.6. The van der Waals surface area contributed by atoms with E-state index in [0.29, 0.717) is 12.0 Å². The number of phenols is 1. The Labute approximate surface area is 255 Å². The smallest absolute Gasteiger partial charge is 0.408 e. The molecule has 0 aromatic heterocycles. The van der Waals surface area contributed by atoms with Gasteiger partial charge in [-0.15, -0.1) is 0 Å². The molecule has 10 nitrogen and oxygen atoms in total. The van der Waals surface area contributed by atoms with Gasteiger partial charge in [-0.25, -0.2) is 9.59 Å². The summed E-state index contributed by atoms with van der Waals surface area (Å²) >= 11 is 0. The van der Waals surface area contributed by atoms with Gasteiger partial charge in [-0.05, 0) is 78.1 Å². The average molecular weight is 598 g/mol. The summed E-state index contributed by atoms with van der Waals surface area (Å²) in [7, 11) is 0. The van der Waals surface area contributed by atoms with E-state index in [0.717, 1.165) is 12.0 Å². The van der Waals surface area contributed by atoms with Gasteiger partial charge < -0.3 is 30.1 Å². The molecule has 0 bridgehead atoms. The Morgan fingerprint density at radius 1 is 0.884 bits per heavy atom. The Kier molecular flexibility index (Phi) is 12.6. The summed E-state index contributed by atoms with van der Waals surface area (Å²) in [5, 5.41) is 15.7. The number of carbonyl (C=O) groups is 4. The first-order valence-electron chi connectivity index (χ1n) is 14.7. The van der Waals surface area contributed by atoms with Crippen molar-refractivity contribution in [2.45, 2.75) is 104 Å². The Balaban J connectivity index is 2.50. The number of ether oxygens (including phenoxy) is 2. The number of aromatic hydroxyl groups is 1. The number of carbonyl (C=O) groups excluding carboxylic acids is 4. The van der Waals surface area contributed by atoms with E-state index in [9.17, 15) is 24.3 Å². The summed E-state index contributed by atoms with van der Waals surface area (Å²) in [4.78, 5) is 55.2. The molecule has 3 unspecified atom stereocenters. The van der Waals surface area contributed by atoms with Gasteiger partial charge in [0, 0.05) is 13.0 Å². The van der Waals surface area contributed by atoms with Crippen LogP contribution < -0.4 is 10.6 Å². The molecule has 0 aliphatic carbocycles. The van der Waals surface area contributed by atoms with Crippen LogP contribution in [0.1, 0.15) is 85.4 Å². The summed E-state index contributed by atoms with van der Waals surface area (Å²) in [6.07, 6.45) is 0.677. The fraction of sp³-hybridized carbons (Fsp3) is 0.515. The monoisotopic (exact) mass is 597 g/mol. The molecule has 2 rings (SSSR count). The number of hydrogen-bond donors (Lipinski definition) is 3. The molecule has 0 aliphatic heterocycles. The number of nitrogens with zero attached hydrogens (tertiary/aromatic N) is 1. The van der Waals surface area contributed by atoms with Crippen molar-refractivity contribution in [2.75, 3.05) is 6.54 Å². The quantitative estimate of drug-likeness (QED) is 0.292. The molecule has 43 heavy (non-hydrogen) atoms. The van der Waals surface area contributed by atoms with Crippen LogP contribution in [0.5, 0.6) is 5.75 Å². The maximum Gasteiger partial charge on any atom is 0.408 e. The molecule has 2 aromatic rings. The molecule has 0 fully saturated rings. The first kappa shape index (κ1) is 35.1. The molecule has 3 N–H and O–H groups in total. The van der Waals surface area contributed by atoms with Gasteiger partial charge in [-0.2, -0.15) is 0 Å². The lowest BCUT2D eigenvalue weighted by Crippen LogP contribution is -2.54. The standard InChI is InChI=1S/C33H47N3O7/c1-9-10-19-36(29(39)22(2)34-31(41)43-33(6,7)8)27(24-17-14-18-25(37)21-24)28(38)35-26(30(40)42-32(3,4)5)20-23-15-12-11-13-16-23/h11-18,21-22,26-27,37H,9-10,19-20H2,1-8H3,(H,34,41)(H,35,38). The maximum absolute atomic E-state index is 14.2. The van der Waals surface area contributed by atoms with E-state index in [1.165, 1.54) is 24.0 Å². The molecule has 0 aliphatic rings. The summed E-state index contributed by atoms with van der Waals surface area (Å²) in [6.45, 7) is 14.0. The second-order valence-electron chi connectivity index (χ2n) is 12.5. The minimum Gasteiger partial charge on any atom is -0.508 e. The zero-order chi connectivity index (χ0) is 32.4. The Bertz CT molecular complexity index is 1240. The van der Waals surface area contributed by atoms with Crippen molar-refractivity contribution in [3.8, 4) is 5.75 Å². The second kappa shape index (κ2) is 15.4. The van der Waals surface area contributed by atoms with Crippen molar-refractivity contribution in [3.05, 3.63) is 65.7 Å². The predicted molar refractivity (Wildman–Crippen MR) is 164 cm³/mol. The first-order valence-corrected chi connectivity index (χ1v) is 14.7. The lowest BCUT2D eigenvalue weighted by atomic mass is 10.00. The number of phenolic OH excluding ortho intramolecular Hbond substituents is 1. The third-order valence-corrected chi connectivity index (χ3v) is 6.18. The topological polar surface area (TPSA) is 134 Å². The van der Waals surface area contributed by atoms with Crippen molar-refractivity contribution in [1.82, 2.24) is 15.5 Å². The van der Waals surface area contributed by atoms with E-state index in [-0.39, 0.29) is 18.7 Å². The van der Waals surface area contributed by atoms with E-state index in [2.05, 4.69) is 10.6 Å². The number of nitrogens with one attached hydrogen (secondary N) is 2. The Morgan fingerprint density at radius 2 is 1.51 bits per heavy atom. The first-order chi connectivity index (χ1) is 20.0. The van der Waals surface area contributed by atoms with Gasteiger partial charge in [0.15, 0.2) is 0 Å². The summed E-state index contributed by atoms with van der Waals surface area (Å²) in [6, 6.07) is 12.0. The van der Waals surface area contributed by atoms with Crippen LogP contribution in [0.3, 0.4) is 0 Å². The minimum absolute atomic E-state index is 0.0916. The number of alkyl carbamates (subject to hydrolysis) is 1. The largest absolute Gasteiger partial charge is 0.508 e.